The van der Waals surface area contributed by atoms with Crippen LogP contribution in [0.25, 0.3) is 0 Å². The van der Waals surface area contributed by atoms with E-state index in [9.17, 15) is 14.4 Å². The summed E-state index contributed by atoms with van der Waals surface area (Å²) in [6, 6.07) is 6.01. The number of carbonyl (C=O) groups is 3. The number of benzene rings is 1. The van der Waals surface area contributed by atoms with Crippen LogP contribution < -0.4 is 0 Å². The molecule has 3 rings (SSSR count). The summed E-state index contributed by atoms with van der Waals surface area (Å²) >= 11 is 1.40. The smallest absolute Gasteiger partial charge is 0.338 e. The number of ether oxygens (including phenoxy) is 2. The minimum absolute atomic E-state index is 0.0859. The molecule has 1 aromatic rings. The van der Waals surface area contributed by atoms with E-state index in [1.165, 1.54) is 26.0 Å². The summed E-state index contributed by atoms with van der Waals surface area (Å²) < 4.78 is 9.66. The number of aliphatic imine (C=N–C) groups is 1. The number of esters is 2. The second kappa shape index (κ2) is 7.56. The fourth-order valence-corrected chi connectivity index (χ4v) is 4.33. The molecule has 0 unspecified atom stereocenters. The second-order valence-corrected chi connectivity index (χ2v) is 7.29. The van der Waals surface area contributed by atoms with Crippen LogP contribution in [0.15, 0.2) is 40.5 Å². The second-order valence-electron chi connectivity index (χ2n) is 6.12. The van der Waals surface area contributed by atoms with E-state index in [0.717, 1.165) is 0 Å². The van der Waals surface area contributed by atoms with Crippen molar-refractivity contribution in [1.82, 2.24) is 4.90 Å². The van der Waals surface area contributed by atoms with Crippen LogP contribution in [0.3, 0.4) is 0 Å². The number of nitrogens with zero attached hydrogens (tertiary/aromatic N) is 2. The molecule has 1 aromatic carbocycles. The number of amidine groups is 1. The van der Waals surface area contributed by atoms with Crippen LogP contribution >= 0.6 is 11.8 Å². The fraction of sp³-hybridized carbons (Fsp3) is 0.368. The van der Waals surface area contributed by atoms with Gasteiger partial charge in [-0.05, 0) is 31.0 Å². The predicted octanol–water partition coefficient (Wildman–Crippen LogP) is 2.68. The van der Waals surface area contributed by atoms with Gasteiger partial charge in [0.15, 0.2) is 5.17 Å². The zero-order chi connectivity index (χ0) is 19.7. The molecular weight excluding hydrogens is 368 g/mol. The molecule has 2 atom stereocenters. The molecule has 0 N–H and O–H groups in total. The van der Waals surface area contributed by atoms with Crippen LogP contribution in [-0.4, -0.2) is 47.4 Å². The van der Waals surface area contributed by atoms with E-state index < -0.39 is 18.0 Å². The van der Waals surface area contributed by atoms with Gasteiger partial charge in [0.25, 0.3) is 0 Å². The molecule has 2 aliphatic heterocycles. The van der Waals surface area contributed by atoms with E-state index in [4.69, 9.17) is 9.47 Å². The summed E-state index contributed by atoms with van der Waals surface area (Å²) in [7, 11) is 2.61. The molecule has 0 bridgehead atoms. The van der Waals surface area contributed by atoms with E-state index >= 15 is 0 Å². The Morgan fingerprint density at radius 3 is 2.33 bits per heavy atom. The molecule has 7 nitrogen and oxygen atoms in total. The highest BCUT2D eigenvalue weighted by Gasteiger charge is 2.47. The molecule has 1 saturated heterocycles. The van der Waals surface area contributed by atoms with Gasteiger partial charge >= 0.3 is 11.9 Å². The van der Waals surface area contributed by atoms with Crippen LogP contribution in [0.5, 0.6) is 0 Å². The molecule has 2 heterocycles. The van der Waals surface area contributed by atoms with E-state index in [-0.39, 0.29) is 11.2 Å². The van der Waals surface area contributed by atoms with Crippen molar-refractivity contribution in [2.24, 2.45) is 4.99 Å². The summed E-state index contributed by atoms with van der Waals surface area (Å²) in [6.45, 7) is 3.67. The maximum absolute atomic E-state index is 12.9. The number of fused-ring (bicyclic) bond motifs is 1. The number of hydrogen-bond acceptors (Lipinski definition) is 7. The lowest BCUT2D eigenvalue weighted by atomic mass is 9.93. The fourth-order valence-electron chi connectivity index (χ4n) is 3.19. The SMILES string of the molecule is CC[C@H]1SC2=NC(C)=C(C(=O)OC)[C@@H](c3ccc(C(=O)OC)cc3)N2C1=O. The van der Waals surface area contributed by atoms with Crippen LogP contribution in [0, 0.1) is 0 Å². The van der Waals surface area contributed by atoms with Crippen LogP contribution in [-0.2, 0) is 19.1 Å². The van der Waals surface area contributed by atoms with Crippen molar-refractivity contribution in [1.29, 1.82) is 0 Å². The molecule has 0 radical (unpaired) electrons. The molecule has 1 fully saturated rings. The molecule has 0 spiro atoms. The Balaban J connectivity index is 2.10. The van der Waals surface area contributed by atoms with Crippen molar-refractivity contribution >= 4 is 34.8 Å². The van der Waals surface area contributed by atoms with Crippen molar-refractivity contribution in [2.45, 2.75) is 31.6 Å². The molecular formula is C19H20N2O5S. The zero-order valence-corrected chi connectivity index (χ0v) is 16.3. The molecule has 0 aromatic heterocycles. The lowest BCUT2D eigenvalue weighted by Gasteiger charge is -2.32. The van der Waals surface area contributed by atoms with Gasteiger partial charge in [-0.25, -0.2) is 14.6 Å². The highest BCUT2D eigenvalue weighted by Crippen LogP contribution is 2.43. The Morgan fingerprint density at radius 1 is 1.15 bits per heavy atom. The standard InChI is InChI=1S/C19H20N2O5S/c1-5-13-16(22)21-15(11-6-8-12(9-7-11)17(23)25-3)14(18(24)26-4)10(2)20-19(21)27-13/h6-9,13,15H,5H2,1-4H3/t13-,15-/m1/s1. The van der Waals surface area contributed by atoms with Crippen LogP contribution in [0.4, 0.5) is 0 Å². The van der Waals surface area contributed by atoms with Gasteiger partial charge in [0.05, 0.1) is 42.3 Å². The Labute approximate surface area is 161 Å². The topological polar surface area (TPSA) is 85.3 Å². The van der Waals surface area contributed by atoms with Gasteiger partial charge in [0, 0.05) is 0 Å². The van der Waals surface area contributed by atoms with Gasteiger partial charge in [-0.1, -0.05) is 30.8 Å². The van der Waals surface area contributed by atoms with Crippen molar-refractivity contribution < 1.29 is 23.9 Å². The molecule has 1 amide bonds. The number of amides is 1. The third-order valence-corrected chi connectivity index (χ3v) is 5.89. The summed E-state index contributed by atoms with van der Waals surface area (Å²) in [6.07, 6.45) is 0.666. The third-order valence-electron chi connectivity index (χ3n) is 4.58. The number of hydrogen-bond donors (Lipinski definition) is 0. The van der Waals surface area contributed by atoms with Crippen molar-refractivity contribution in [2.75, 3.05) is 14.2 Å². The minimum Gasteiger partial charge on any atom is -0.466 e. The Morgan fingerprint density at radius 2 is 1.78 bits per heavy atom. The molecule has 27 heavy (non-hydrogen) atoms. The number of thioether (sulfide) groups is 1. The van der Waals surface area contributed by atoms with Gasteiger partial charge in [-0.3, -0.25) is 9.69 Å². The predicted molar refractivity (Wildman–Crippen MR) is 101 cm³/mol. The normalized spacial score (nSPS) is 21.7. The Bertz CT molecular complexity index is 859. The molecule has 142 valence electrons. The number of allylic oxidation sites excluding steroid dienone is 1. The summed E-state index contributed by atoms with van der Waals surface area (Å²) in [5.41, 5.74) is 1.92. The maximum atomic E-state index is 12.9. The average molecular weight is 388 g/mol. The first kappa shape index (κ1) is 19.2. The molecule has 2 aliphatic rings. The van der Waals surface area contributed by atoms with Crippen molar-refractivity contribution in [3.8, 4) is 0 Å². The van der Waals surface area contributed by atoms with E-state index in [2.05, 4.69) is 4.99 Å². The van der Waals surface area contributed by atoms with Crippen molar-refractivity contribution in [3.05, 3.63) is 46.7 Å². The average Bonchev–Trinajstić information content (AvgIpc) is 3.01. The van der Waals surface area contributed by atoms with Crippen LogP contribution in [0.1, 0.15) is 42.2 Å². The number of carbonyl (C=O) groups excluding carboxylic acids is 3. The molecule has 0 saturated carbocycles. The highest BCUT2D eigenvalue weighted by molar-refractivity contribution is 8.15. The van der Waals surface area contributed by atoms with E-state index in [1.54, 1.807) is 36.1 Å². The third kappa shape index (κ3) is 3.25. The van der Waals surface area contributed by atoms with Gasteiger partial charge in [0.2, 0.25) is 5.91 Å². The first-order valence-electron chi connectivity index (χ1n) is 8.48. The number of methoxy groups -OCH3 is 2. The minimum atomic E-state index is -0.645. The highest BCUT2D eigenvalue weighted by atomic mass is 32.2. The van der Waals surface area contributed by atoms with E-state index in [1.807, 2.05) is 6.92 Å². The first-order chi connectivity index (χ1) is 12.9. The van der Waals surface area contributed by atoms with Crippen molar-refractivity contribution in [3.63, 3.8) is 0 Å². The Kier molecular flexibility index (Phi) is 5.36. The number of rotatable bonds is 4. The zero-order valence-electron chi connectivity index (χ0n) is 15.5. The Hall–Kier alpha value is -2.61. The summed E-state index contributed by atoms with van der Waals surface area (Å²) in [5.74, 6) is -1.07. The summed E-state index contributed by atoms with van der Waals surface area (Å²) in [4.78, 5) is 43.1. The molecule has 8 heteroatoms. The lowest BCUT2D eigenvalue weighted by Crippen LogP contribution is -2.40. The largest absolute Gasteiger partial charge is 0.466 e. The maximum Gasteiger partial charge on any atom is 0.338 e. The lowest BCUT2D eigenvalue weighted by molar-refractivity contribution is -0.137. The van der Waals surface area contributed by atoms with Gasteiger partial charge in [0.1, 0.15) is 0 Å². The molecule has 0 aliphatic carbocycles. The summed E-state index contributed by atoms with van der Waals surface area (Å²) in [5, 5.41) is 0.351. The van der Waals surface area contributed by atoms with Crippen LogP contribution in [0.2, 0.25) is 0 Å². The van der Waals surface area contributed by atoms with Gasteiger partial charge < -0.3 is 9.47 Å². The monoisotopic (exact) mass is 388 g/mol. The van der Waals surface area contributed by atoms with Gasteiger partial charge in [-0.2, -0.15) is 0 Å². The van der Waals surface area contributed by atoms with Gasteiger partial charge in [-0.15, -0.1) is 0 Å². The first-order valence-corrected chi connectivity index (χ1v) is 9.36. The van der Waals surface area contributed by atoms with E-state index in [0.29, 0.717) is 34.0 Å². The quantitative estimate of drug-likeness (QED) is 0.737.